The number of urea groups is 1. The number of Topliss-reactive ketones (excluding diaryl/α,β-unsaturated/α-hetero) is 5. The van der Waals surface area contributed by atoms with Crippen molar-refractivity contribution in [3.8, 4) is 23.0 Å². The van der Waals surface area contributed by atoms with Crippen molar-refractivity contribution in [2.24, 2.45) is 29.6 Å². The summed E-state index contributed by atoms with van der Waals surface area (Å²) in [5.41, 5.74) is 3.12. The highest BCUT2D eigenvalue weighted by Crippen LogP contribution is 2.24. The van der Waals surface area contributed by atoms with Crippen molar-refractivity contribution in [2.75, 3.05) is 38.4 Å². The van der Waals surface area contributed by atoms with Crippen molar-refractivity contribution >= 4 is 130 Å². The van der Waals surface area contributed by atoms with Crippen LogP contribution in [0.2, 0.25) is 0 Å². The van der Waals surface area contributed by atoms with Crippen LogP contribution in [0, 0.1) is 29.6 Å². The maximum atomic E-state index is 14.6. The summed E-state index contributed by atoms with van der Waals surface area (Å²) in [6.45, 7) is 16.6. The minimum Gasteiger partial charge on any atom is -0.508 e. The minimum absolute atomic E-state index is 0.0288. The Morgan fingerprint density at radius 1 is 0.401 bits per heavy atom. The molecule has 0 radical (unpaired) electrons. The number of phenolic OH excluding ortho intramolecular Hbond substituents is 4. The van der Waals surface area contributed by atoms with Crippen molar-refractivity contribution in [1.29, 1.82) is 0 Å². The zero-order chi connectivity index (χ0) is 109. The molecule has 6 aromatic rings. The van der Waals surface area contributed by atoms with Crippen LogP contribution in [0.1, 0.15) is 179 Å². The van der Waals surface area contributed by atoms with Gasteiger partial charge in [-0.25, -0.2) is 19.1 Å². The van der Waals surface area contributed by atoms with Gasteiger partial charge in [-0.1, -0.05) is 133 Å². The van der Waals surface area contributed by atoms with Gasteiger partial charge >= 0.3 is 29.9 Å². The smallest absolute Gasteiger partial charge is 0.334 e. The molecule has 1 aromatic heterocycles. The lowest BCUT2D eigenvalue weighted by atomic mass is 9.88. The second-order valence-corrected chi connectivity index (χ2v) is 37.2. The fourth-order valence-corrected chi connectivity index (χ4v) is 15.5. The van der Waals surface area contributed by atoms with Crippen LogP contribution in [0.15, 0.2) is 134 Å². The number of carboxylic acid groups (broad SMARTS) is 4. The molecule has 5 aromatic carbocycles. The topological polar surface area (TPSA) is 685 Å². The average molecular weight is 2070 g/mol. The number of hydrogen-bond donors (Lipinski definition) is 19. The van der Waals surface area contributed by atoms with Crippen LogP contribution in [0.25, 0.3) is 0 Å². The van der Waals surface area contributed by atoms with Gasteiger partial charge in [-0.2, -0.15) is 11.8 Å². The molecule has 45 heteroatoms. The number of carboxylic acids is 4. The number of phenols is 4. The Hall–Kier alpha value is -14.9. The van der Waals surface area contributed by atoms with Gasteiger partial charge in [-0.15, -0.1) is 5.10 Å². The molecular formula is C102H136N14O30S. The van der Waals surface area contributed by atoms with Crippen molar-refractivity contribution in [3.63, 3.8) is 0 Å². The highest BCUT2D eigenvalue weighted by atomic mass is 32.2. The summed E-state index contributed by atoms with van der Waals surface area (Å²) in [4.78, 5) is 264. The Bertz CT molecular complexity index is 5420. The lowest BCUT2D eigenvalue weighted by Crippen LogP contribution is -2.59. The maximum absolute atomic E-state index is 14.6. The minimum atomic E-state index is -2.23. The lowest BCUT2D eigenvalue weighted by molar-refractivity contribution is -0.147. The molecule has 19 N–H and O–H groups in total. The fourth-order valence-electron chi connectivity index (χ4n) is 15.1. The molecule has 0 aliphatic carbocycles. The second kappa shape index (κ2) is 64.1. The Morgan fingerprint density at radius 2 is 0.837 bits per heavy atom. The van der Waals surface area contributed by atoms with Crippen molar-refractivity contribution in [1.82, 2.24) is 73.5 Å². The highest BCUT2D eigenvalue weighted by Gasteiger charge is 2.39. The van der Waals surface area contributed by atoms with Crippen molar-refractivity contribution < 1.29 is 146 Å². The van der Waals surface area contributed by atoms with Gasteiger partial charge in [0.05, 0.1) is 69.1 Å². The van der Waals surface area contributed by atoms with Gasteiger partial charge in [0.25, 0.3) is 0 Å². The van der Waals surface area contributed by atoms with E-state index in [-0.39, 0.29) is 104 Å². The van der Waals surface area contributed by atoms with Gasteiger partial charge in [-0.05, 0) is 158 Å². The number of aliphatic carboxylic acids is 4. The number of carbonyl (C=O) groups excluding carboxylic acids is 16. The third-order valence-corrected chi connectivity index (χ3v) is 23.6. The first-order chi connectivity index (χ1) is 69.6. The molecule has 12 amide bonds. The summed E-state index contributed by atoms with van der Waals surface area (Å²) in [6, 6.07) is 15.1. The molecule has 0 unspecified atom stereocenters. The molecule has 0 bridgehead atoms. The fraction of sp³-hybridized carbons (Fsp3) is 0.490. The Labute approximate surface area is 854 Å². The third kappa shape index (κ3) is 46.8. The molecule has 44 nitrogen and oxygen atoms in total. The summed E-state index contributed by atoms with van der Waals surface area (Å²) in [5, 5.41) is 113. The summed E-state index contributed by atoms with van der Waals surface area (Å²) >= 11 is 1.25. The van der Waals surface area contributed by atoms with Gasteiger partial charge < -0.3 is 103 Å². The van der Waals surface area contributed by atoms with Crippen LogP contribution >= 0.6 is 11.8 Å². The van der Waals surface area contributed by atoms with Gasteiger partial charge in [0.1, 0.15) is 53.2 Å². The molecule has 800 valence electrons. The standard InChI is InChI=1S/C77H100N12O23S.C25H36N2O7/c1-7-111-33-34-112-32-31-89-43-51(87-88-89)14-11-15-64(96)78-56(38-48-16-22-52(90)23-17-48)62(94)36-45(4)69(100)85-68(76(108)109)61(93)28-29-65(97)79-58(40-47-12-9-8-10-13-47)72(103)81-57(39-49-18-24-53(91)25-19-49)63(95)37-46(5)70(101)86-77(110)83-59(41-50-20-26-54(92)27-21-50)73(104)80-55(30-35-113-6)71(102)82-60(42-66(98)99)74(105)84-67(44(2)3)75(106)107;1-5-6-22(30)21(14-24(32)33)27-25(34)18(11-15(2)3)13-23(31)20(26-16(4)28)12-17-7-9-19(29)10-8-17/h8-10,12-13,16-27,43-46,55-60,67-68,90-92H,7,11,14-15,28-42H2,1-6H3,(H,78,96)(H,79,97)(H,80,104)(H,81,103)(H,82,102)(H,84,105)(H,85,100)(H,98,99)(H,106,107)(H,108,109)(H2,83,86,101,110);7-10,15,18,20-21,29H,5-6,11-14H2,1-4H3,(H,26,28)(H,27,34)(H,32,33)/t45-,46-,55+,56+,57+,58-,59+,60+,67+,68-;18-,20-,21-/m00/s1. The Kier molecular flexibility index (Phi) is 53.4. The third-order valence-electron chi connectivity index (χ3n) is 23.0. The number of amides is 12. The normalized spacial score (nSPS) is 13.7. The number of aromatic hydroxyl groups is 4. The van der Waals surface area contributed by atoms with Crippen LogP contribution in [-0.2, 0) is 146 Å². The predicted molar refractivity (Wildman–Crippen MR) is 533 cm³/mol. The van der Waals surface area contributed by atoms with E-state index < -0.39 is 229 Å². The van der Waals surface area contributed by atoms with E-state index in [0.29, 0.717) is 86.6 Å². The first kappa shape index (κ1) is 123. The Balaban J connectivity index is 0.000000942. The number of aryl methyl sites for hydroxylation is 1. The van der Waals surface area contributed by atoms with E-state index >= 15 is 0 Å². The van der Waals surface area contributed by atoms with E-state index in [2.05, 4.69) is 68.8 Å². The number of nitrogens with one attached hydrogen (secondary N) is 11. The number of carbonyl (C=O) groups is 20. The average Bonchev–Trinajstić information content (AvgIpc) is 1.53. The number of rotatable bonds is 66. The summed E-state index contributed by atoms with van der Waals surface area (Å²) < 4.78 is 12.4. The van der Waals surface area contributed by atoms with Gasteiger partial charge in [-0.3, -0.25) is 86.8 Å². The van der Waals surface area contributed by atoms with Crippen LogP contribution in [-0.4, -0.2) is 273 Å². The van der Waals surface area contributed by atoms with E-state index in [1.807, 2.05) is 20.8 Å². The molecule has 13 atom stereocenters. The van der Waals surface area contributed by atoms with E-state index in [4.69, 9.17) is 14.6 Å². The molecule has 6 rings (SSSR count). The number of hydrogen-bond acceptors (Lipinski definition) is 29. The number of ether oxygens (including phenoxy) is 2. The molecule has 0 saturated carbocycles. The van der Waals surface area contributed by atoms with Crippen molar-refractivity contribution in [3.05, 3.63) is 167 Å². The number of ketones is 5. The molecule has 0 aliphatic heterocycles. The van der Waals surface area contributed by atoms with E-state index in [1.165, 1.54) is 119 Å². The largest absolute Gasteiger partial charge is 0.508 e. The number of aromatic nitrogens is 3. The van der Waals surface area contributed by atoms with Crippen LogP contribution in [0.4, 0.5) is 4.79 Å². The van der Waals surface area contributed by atoms with E-state index in [0.717, 1.165) is 5.56 Å². The van der Waals surface area contributed by atoms with Gasteiger partial charge in [0.15, 0.2) is 35.0 Å². The zero-order valence-corrected chi connectivity index (χ0v) is 84.7. The predicted octanol–water partition coefficient (Wildman–Crippen LogP) is 4.31. The number of benzene rings is 5. The van der Waals surface area contributed by atoms with Crippen LogP contribution < -0.4 is 58.5 Å². The lowest BCUT2D eigenvalue weighted by Gasteiger charge is -2.26. The van der Waals surface area contributed by atoms with Crippen LogP contribution in [0.3, 0.4) is 0 Å². The number of nitrogens with zero attached hydrogens (tertiary/aromatic N) is 3. The second-order valence-electron chi connectivity index (χ2n) is 36.2. The summed E-state index contributed by atoms with van der Waals surface area (Å²) in [7, 11) is 0. The number of thioether (sulfide) groups is 1. The SMILES string of the molecule is CCCC(=O)[C@H](CC(=O)O)NC(=O)[C@H](CC(=O)[C@H](Cc1ccc(O)cc1)NC(C)=O)CC(C)C.CCOCCOCCn1cc(CCCC(=O)N[C@H](Cc2ccc(O)cc2)C(=O)C[C@H](C)C(=O)N[C@H](C(=O)O)C(=O)CCC(=O)N[C@@H](Cc2ccccc2)C(=O)N[C@H](Cc2ccc(O)cc2)C(=O)C[C@H](C)C(=O)NC(=O)N[C@H](Cc2ccc(O)cc2)C(=O)N[C@H](CCSC)C(=O)N[C@H](CC(=O)O)C(=O)N[C@@H](C(=O)O)C(C)C)nn1. The molecule has 1 heterocycles. The van der Waals surface area contributed by atoms with Crippen molar-refractivity contribution in [2.45, 2.75) is 251 Å². The van der Waals surface area contributed by atoms with Crippen LogP contribution in [0.5, 0.6) is 23.0 Å². The van der Waals surface area contributed by atoms with Gasteiger partial charge in [0, 0.05) is 95.3 Å². The van der Waals surface area contributed by atoms with E-state index in [1.54, 1.807) is 78.7 Å². The highest BCUT2D eigenvalue weighted by molar-refractivity contribution is 7.98. The quantitative estimate of drug-likeness (QED) is 0.0187. The van der Waals surface area contributed by atoms with Gasteiger partial charge in [0.2, 0.25) is 59.1 Å². The molecular weight excluding hydrogens is 1930 g/mol. The molecule has 0 spiro atoms. The number of imide groups is 1. The zero-order valence-electron chi connectivity index (χ0n) is 83.8. The molecule has 0 fully saturated rings. The Morgan fingerprint density at radius 3 is 1.32 bits per heavy atom. The van der Waals surface area contributed by atoms with E-state index in [9.17, 15) is 132 Å². The summed E-state index contributed by atoms with van der Waals surface area (Å²) in [6.07, 6.45) is -0.150. The first-order valence-corrected chi connectivity index (χ1v) is 49.6. The molecule has 0 aliphatic rings. The first-order valence-electron chi connectivity index (χ1n) is 48.2. The molecule has 0 saturated heterocycles. The molecule has 147 heavy (non-hydrogen) atoms. The summed E-state index contributed by atoms with van der Waals surface area (Å²) in [5.74, 6) is -22.0. The monoisotopic (exact) mass is 2070 g/mol. The maximum Gasteiger partial charge on any atom is 0.334 e.